The molecule has 84 valence electrons. The molecule has 1 aliphatic heterocycles. The zero-order chi connectivity index (χ0) is 10.6. The Kier molecular flexibility index (Phi) is 5.58. The fourth-order valence-corrected chi connectivity index (χ4v) is 1.12. The highest BCUT2D eigenvalue weighted by molar-refractivity contribution is 6.12. The zero-order valence-electron chi connectivity index (χ0n) is 7.93. The first-order valence-corrected chi connectivity index (χ1v) is 4.18. The third-order valence-electron chi connectivity index (χ3n) is 1.85. The maximum absolute atomic E-state index is 11.0. The highest BCUT2D eigenvalue weighted by atomic mass is 35.5. The lowest BCUT2D eigenvalue weighted by Crippen LogP contribution is -2.33. The van der Waals surface area contributed by atoms with Gasteiger partial charge in [0.25, 0.3) is 11.8 Å². The van der Waals surface area contributed by atoms with E-state index in [-0.39, 0.29) is 43.1 Å². The van der Waals surface area contributed by atoms with Crippen LogP contribution in [0.2, 0.25) is 0 Å². The van der Waals surface area contributed by atoms with Crippen molar-refractivity contribution in [2.24, 2.45) is 5.84 Å². The molecule has 3 N–H and O–H groups in total. The van der Waals surface area contributed by atoms with E-state index in [1.54, 1.807) is 0 Å². The minimum atomic E-state index is -0.330. The molecular weight excluding hydrogens is 222 g/mol. The molecular formula is C8H12ClN3O3. The highest BCUT2D eigenvalue weighted by Crippen LogP contribution is 2.04. The van der Waals surface area contributed by atoms with Crippen LogP contribution in [0.1, 0.15) is 12.8 Å². The van der Waals surface area contributed by atoms with E-state index in [1.165, 1.54) is 12.2 Å². The van der Waals surface area contributed by atoms with Crippen molar-refractivity contribution < 1.29 is 14.4 Å². The van der Waals surface area contributed by atoms with Crippen LogP contribution in [0.5, 0.6) is 0 Å². The van der Waals surface area contributed by atoms with Gasteiger partial charge in [-0.3, -0.25) is 24.7 Å². The smallest absolute Gasteiger partial charge is 0.253 e. The van der Waals surface area contributed by atoms with Crippen LogP contribution in [-0.4, -0.2) is 29.2 Å². The van der Waals surface area contributed by atoms with Crippen LogP contribution >= 0.6 is 12.4 Å². The molecule has 0 aromatic carbocycles. The van der Waals surface area contributed by atoms with Gasteiger partial charge in [0.05, 0.1) is 0 Å². The van der Waals surface area contributed by atoms with Crippen molar-refractivity contribution in [3.05, 3.63) is 12.2 Å². The Labute approximate surface area is 92.9 Å². The summed E-state index contributed by atoms with van der Waals surface area (Å²) in [5.41, 5.74) is 1.97. The average Bonchev–Trinajstić information content (AvgIpc) is 2.48. The number of carbonyl (C=O) groups is 3. The van der Waals surface area contributed by atoms with Gasteiger partial charge in [-0.05, 0) is 6.42 Å². The number of imide groups is 1. The second-order valence-corrected chi connectivity index (χ2v) is 2.83. The van der Waals surface area contributed by atoms with E-state index in [9.17, 15) is 14.4 Å². The summed E-state index contributed by atoms with van der Waals surface area (Å²) in [6.07, 6.45) is 3.05. The zero-order valence-corrected chi connectivity index (χ0v) is 8.75. The Balaban J connectivity index is 0.00000196. The second-order valence-electron chi connectivity index (χ2n) is 2.83. The molecule has 0 saturated heterocycles. The predicted octanol–water partition coefficient (Wildman–Crippen LogP) is -0.897. The Morgan fingerprint density at radius 3 is 2.33 bits per heavy atom. The van der Waals surface area contributed by atoms with Crippen LogP contribution < -0.4 is 11.3 Å². The topological polar surface area (TPSA) is 92.5 Å². The number of nitrogens with zero attached hydrogens (tertiary/aromatic N) is 1. The van der Waals surface area contributed by atoms with Crippen LogP contribution in [0.25, 0.3) is 0 Å². The third-order valence-corrected chi connectivity index (χ3v) is 1.85. The summed E-state index contributed by atoms with van der Waals surface area (Å²) in [7, 11) is 0. The van der Waals surface area contributed by atoms with Crippen molar-refractivity contribution in [3.63, 3.8) is 0 Å². The molecule has 0 unspecified atom stereocenters. The van der Waals surface area contributed by atoms with Crippen LogP contribution in [-0.2, 0) is 14.4 Å². The van der Waals surface area contributed by atoms with Gasteiger partial charge in [0.2, 0.25) is 5.91 Å². The molecule has 1 heterocycles. The fraction of sp³-hybridized carbons (Fsp3) is 0.375. The van der Waals surface area contributed by atoms with Crippen molar-refractivity contribution in [2.45, 2.75) is 12.8 Å². The Bertz CT molecular complexity index is 286. The standard InChI is InChI=1S/C8H11N3O3.ClH/c9-10-6(12)2-1-5-11-7(13)3-4-8(11)14;/h3-4H,1-2,5,9H2,(H,10,12);1H. The van der Waals surface area contributed by atoms with E-state index in [0.29, 0.717) is 6.42 Å². The predicted molar refractivity (Wildman–Crippen MR) is 54.7 cm³/mol. The number of halogens is 1. The summed E-state index contributed by atoms with van der Waals surface area (Å²) in [4.78, 5) is 33.8. The highest BCUT2D eigenvalue weighted by Gasteiger charge is 2.22. The molecule has 15 heavy (non-hydrogen) atoms. The van der Waals surface area contributed by atoms with Crippen molar-refractivity contribution in [1.82, 2.24) is 10.3 Å². The van der Waals surface area contributed by atoms with Gasteiger partial charge in [-0.1, -0.05) is 0 Å². The van der Waals surface area contributed by atoms with Crippen LogP contribution in [0, 0.1) is 0 Å². The van der Waals surface area contributed by atoms with Crippen LogP contribution in [0.15, 0.2) is 12.2 Å². The minimum Gasteiger partial charge on any atom is -0.294 e. The van der Waals surface area contributed by atoms with Crippen molar-refractivity contribution in [1.29, 1.82) is 0 Å². The number of carbonyl (C=O) groups excluding carboxylic acids is 3. The number of nitrogens with two attached hydrogens (primary N) is 1. The van der Waals surface area contributed by atoms with Gasteiger partial charge >= 0.3 is 0 Å². The molecule has 0 aromatic rings. The summed E-state index contributed by atoms with van der Waals surface area (Å²) in [6, 6.07) is 0. The number of hydrogen-bond donors (Lipinski definition) is 2. The van der Waals surface area contributed by atoms with E-state index in [0.717, 1.165) is 4.90 Å². The molecule has 0 aromatic heterocycles. The third kappa shape index (κ3) is 3.69. The van der Waals surface area contributed by atoms with Gasteiger partial charge in [0.1, 0.15) is 0 Å². The Hall–Kier alpha value is -1.40. The van der Waals surface area contributed by atoms with Crippen molar-refractivity contribution in [2.75, 3.05) is 6.54 Å². The summed E-state index contributed by atoms with van der Waals surface area (Å²) < 4.78 is 0. The van der Waals surface area contributed by atoms with Gasteiger partial charge in [-0.2, -0.15) is 0 Å². The number of nitrogens with one attached hydrogen (secondary N) is 1. The van der Waals surface area contributed by atoms with Crippen LogP contribution in [0.4, 0.5) is 0 Å². The molecule has 0 saturated carbocycles. The first-order chi connectivity index (χ1) is 6.65. The largest absolute Gasteiger partial charge is 0.294 e. The maximum Gasteiger partial charge on any atom is 0.253 e. The second kappa shape index (κ2) is 6.15. The van der Waals surface area contributed by atoms with E-state index < -0.39 is 0 Å². The molecule has 0 spiro atoms. The molecule has 6 nitrogen and oxygen atoms in total. The van der Waals surface area contributed by atoms with Crippen molar-refractivity contribution in [3.8, 4) is 0 Å². The van der Waals surface area contributed by atoms with E-state index in [2.05, 4.69) is 0 Å². The normalized spacial score (nSPS) is 14.1. The first-order valence-electron chi connectivity index (χ1n) is 4.18. The molecule has 1 aliphatic rings. The van der Waals surface area contributed by atoms with E-state index >= 15 is 0 Å². The van der Waals surface area contributed by atoms with Gasteiger partial charge < -0.3 is 0 Å². The lowest BCUT2D eigenvalue weighted by molar-refractivity contribution is -0.137. The molecule has 0 bridgehead atoms. The molecule has 0 fully saturated rings. The molecule has 0 aliphatic carbocycles. The number of amides is 3. The van der Waals surface area contributed by atoms with E-state index in [4.69, 9.17) is 5.84 Å². The first kappa shape index (κ1) is 13.6. The SMILES string of the molecule is Cl.NNC(=O)CCCN1C(=O)C=CC1=O. The summed E-state index contributed by atoms with van der Waals surface area (Å²) in [6.45, 7) is 0.248. The monoisotopic (exact) mass is 233 g/mol. The van der Waals surface area contributed by atoms with Gasteiger partial charge in [0.15, 0.2) is 0 Å². The van der Waals surface area contributed by atoms with Gasteiger partial charge in [-0.15, -0.1) is 12.4 Å². The number of hydrogen-bond acceptors (Lipinski definition) is 4. The number of hydrazine groups is 1. The maximum atomic E-state index is 11.0. The van der Waals surface area contributed by atoms with Gasteiger partial charge in [-0.25, -0.2) is 5.84 Å². The molecule has 1 rings (SSSR count). The molecule has 0 atom stereocenters. The molecule has 7 heteroatoms. The molecule has 3 amide bonds. The summed E-state index contributed by atoms with van der Waals surface area (Å²) >= 11 is 0. The van der Waals surface area contributed by atoms with Gasteiger partial charge in [0, 0.05) is 25.1 Å². The van der Waals surface area contributed by atoms with Crippen LogP contribution in [0.3, 0.4) is 0 Å². The average molecular weight is 234 g/mol. The Morgan fingerprint density at radius 2 is 1.87 bits per heavy atom. The minimum absolute atomic E-state index is 0. The van der Waals surface area contributed by atoms with Crippen molar-refractivity contribution >= 4 is 30.1 Å². The quantitative estimate of drug-likeness (QED) is 0.285. The van der Waals surface area contributed by atoms with E-state index in [1.807, 2.05) is 5.43 Å². The lowest BCUT2D eigenvalue weighted by Gasteiger charge is -2.12. The summed E-state index contributed by atoms with van der Waals surface area (Å²) in [5, 5.41) is 0. The summed E-state index contributed by atoms with van der Waals surface area (Å²) in [5.74, 6) is 3.89. The molecule has 0 radical (unpaired) electrons. The fourth-order valence-electron chi connectivity index (χ4n) is 1.12. The lowest BCUT2D eigenvalue weighted by atomic mass is 10.3. The number of rotatable bonds is 4. The Morgan fingerprint density at radius 1 is 1.33 bits per heavy atom.